The summed E-state index contributed by atoms with van der Waals surface area (Å²) in [7, 11) is 1.59. The highest BCUT2D eigenvalue weighted by Gasteiger charge is 1.98. The lowest BCUT2D eigenvalue weighted by molar-refractivity contribution is 0.397. The number of aliphatic imine (C=N–C) groups is 1. The molecule has 0 bridgehead atoms. The zero-order chi connectivity index (χ0) is 14.9. The zero-order valence-corrected chi connectivity index (χ0v) is 14.7. The summed E-state index contributed by atoms with van der Waals surface area (Å²) in [6, 6.07) is 9.57. The van der Waals surface area contributed by atoms with Crippen LogP contribution in [0.15, 0.2) is 47.7 Å². The van der Waals surface area contributed by atoms with E-state index in [1.165, 1.54) is 0 Å². The Hall–Kier alpha value is -1.90. The average Bonchev–Trinajstić information content (AvgIpc) is 2.54. The number of guanidine groups is 1. The van der Waals surface area contributed by atoms with Gasteiger partial charge in [-0.1, -0.05) is 6.07 Å². The molecule has 0 radical (unpaired) electrons. The van der Waals surface area contributed by atoms with E-state index in [-0.39, 0.29) is 24.0 Å². The molecule has 0 saturated carbocycles. The number of aromatic nitrogens is 2. The van der Waals surface area contributed by atoms with E-state index in [0.717, 1.165) is 17.7 Å². The molecule has 6 nitrogen and oxygen atoms in total. The summed E-state index contributed by atoms with van der Waals surface area (Å²) >= 11 is 0. The lowest BCUT2D eigenvalue weighted by atomic mass is 10.2. The summed E-state index contributed by atoms with van der Waals surface area (Å²) in [6.07, 6.45) is 4.28. The predicted molar refractivity (Wildman–Crippen MR) is 97.5 cm³/mol. The van der Waals surface area contributed by atoms with Crippen molar-refractivity contribution in [3.63, 3.8) is 0 Å². The van der Waals surface area contributed by atoms with Crippen molar-refractivity contribution in [2.75, 3.05) is 13.7 Å². The minimum absolute atomic E-state index is 0. The fourth-order valence-electron chi connectivity index (χ4n) is 1.76. The van der Waals surface area contributed by atoms with E-state index in [2.05, 4.69) is 20.3 Å². The number of ether oxygens (including phenoxy) is 1. The van der Waals surface area contributed by atoms with Crippen molar-refractivity contribution < 1.29 is 4.74 Å². The molecule has 0 amide bonds. The topological polar surface area (TPSA) is 85.4 Å². The van der Waals surface area contributed by atoms with Crippen molar-refractivity contribution in [2.45, 2.75) is 13.0 Å². The molecule has 3 N–H and O–H groups in total. The molecule has 7 heteroatoms. The van der Waals surface area contributed by atoms with Crippen LogP contribution in [-0.4, -0.2) is 29.6 Å². The fraction of sp³-hybridized carbons (Fsp3) is 0.267. The number of hydrogen-bond donors (Lipinski definition) is 2. The Kier molecular flexibility index (Phi) is 8.19. The first-order valence-electron chi connectivity index (χ1n) is 6.70. The van der Waals surface area contributed by atoms with Gasteiger partial charge in [0.05, 0.1) is 13.7 Å². The zero-order valence-electron chi connectivity index (χ0n) is 12.4. The molecule has 0 aromatic carbocycles. The third kappa shape index (κ3) is 6.25. The van der Waals surface area contributed by atoms with Crippen molar-refractivity contribution in [3.8, 4) is 5.88 Å². The van der Waals surface area contributed by atoms with Crippen LogP contribution in [0.3, 0.4) is 0 Å². The first-order chi connectivity index (χ1) is 10.3. The second kappa shape index (κ2) is 9.93. The summed E-state index contributed by atoms with van der Waals surface area (Å²) in [5.74, 6) is 0.992. The number of nitrogens with zero attached hydrogens (tertiary/aromatic N) is 3. The summed E-state index contributed by atoms with van der Waals surface area (Å²) < 4.78 is 5.06. The summed E-state index contributed by atoms with van der Waals surface area (Å²) in [6.45, 7) is 1.19. The number of methoxy groups -OCH3 is 1. The number of pyridine rings is 2. The van der Waals surface area contributed by atoms with Crippen LogP contribution in [0.1, 0.15) is 11.3 Å². The molecule has 2 aromatic rings. The molecule has 22 heavy (non-hydrogen) atoms. The van der Waals surface area contributed by atoms with Gasteiger partial charge < -0.3 is 15.8 Å². The Morgan fingerprint density at radius 2 is 2.14 bits per heavy atom. The van der Waals surface area contributed by atoms with Gasteiger partial charge in [0.25, 0.3) is 0 Å². The summed E-state index contributed by atoms with van der Waals surface area (Å²) in [4.78, 5) is 12.6. The van der Waals surface area contributed by atoms with E-state index in [1.807, 2.05) is 30.3 Å². The average molecular weight is 413 g/mol. The highest BCUT2D eigenvalue weighted by atomic mass is 127. The highest BCUT2D eigenvalue weighted by molar-refractivity contribution is 14.0. The molecule has 2 rings (SSSR count). The van der Waals surface area contributed by atoms with Gasteiger partial charge >= 0.3 is 0 Å². The maximum atomic E-state index is 5.83. The molecule has 118 valence electrons. The van der Waals surface area contributed by atoms with E-state index in [4.69, 9.17) is 10.5 Å². The van der Waals surface area contributed by atoms with Crippen LogP contribution in [0.5, 0.6) is 5.88 Å². The maximum Gasteiger partial charge on any atom is 0.213 e. The van der Waals surface area contributed by atoms with Gasteiger partial charge in [0.1, 0.15) is 0 Å². The van der Waals surface area contributed by atoms with Crippen molar-refractivity contribution >= 4 is 29.9 Å². The molecule has 0 aliphatic rings. The molecule has 2 heterocycles. The molecular weight excluding hydrogens is 393 g/mol. The van der Waals surface area contributed by atoms with Crippen LogP contribution in [0.4, 0.5) is 0 Å². The minimum atomic E-state index is 0. The minimum Gasteiger partial charge on any atom is -0.481 e. The fourth-order valence-corrected chi connectivity index (χ4v) is 1.76. The molecule has 0 atom stereocenters. The third-order valence-electron chi connectivity index (χ3n) is 2.85. The SMILES string of the molecule is COc1cc(CN=C(N)NCCc2ccccn2)ccn1.I. The van der Waals surface area contributed by atoms with Gasteiger partial charge in [0.2, 0.25) is 5.88 Å². The number of rotatable bonds is 6. The Morgan fingerprint density at radius 3 is 2.86 bits per heavy atom. The van der Waals surface area contributed by atoms with Gasteiger partial charge in [-0.2, -0.15) is 0 Å². The molecule has 0 fully saturated rings. The first-order valence-corrected chi connectivity index (χ1v) is 6.70. The van der Waals surface area contributed by atoms with Gasteiger partial charge in [-0.05, 0) is 23.8 Å². The molecule has 2 aromatic heterocycles. The van der Waals surface area contributed by atoms with Crippen molar-refractivity contribution in [2.24, 2.45) is 10.7 Å². The van der Waals surface area contributed by atoms with Crippen LogP contribution >= 0.6 is 24.0 Å². The quantitative estimate of drug-likeness (QED) is 0.428. The van der Waals surface area contributed by atoms with Crippen molar-refractivity contribution in [3.05, 3.63) is 54.0 Å². The van der Waals surface area contributed by atoms with E-state index < -0.39 is 0 Å². The standard InChI is InChI=1S/C15H19N5O.HI/c1-21-14-10-12(5-8-18-14)11-20-15(16)19-9-6-13-4-2-3-7-17-13;/h2-5,7-8,10H,6,9,11H2,1H3,(H3,16,19,20);1H. The van der Waals surface area contributed by atoms with Crippen molar-refractivity contribution in [1.82, 2.24) is 15.3 Å². The molecule has 0 spiro atoms. The van der Waals surface area contributed by atoms with Crippen LogP contribution in [0.25, 0.3) is 0 Å². The normalized spacial score (nSPS) is 10.7. The van der Waals surface area contributed by atoms with Crippen LogP contribution in [-0.2, 0) is 13.0 Å². The molecular formula is C15H20IN5O. The van der Waals surface area contributed by atoms with E-state index >= 15 is 0 Å². The maximum absolute atomic E-state index is 5.83. The highest BCUT2D eigenvalue weighted by Crippen LogP contribution is 2.09. The summed E-state index contributed by atoms with van der Waals surface area (Å²) in [5.41, 5.74) is 7.85. The van der Waals surface area contributed by atoms with Crippen LogP contribution in [0.2, 0.25) is 0 Å². The van der Waals surface area contributed by atoms with Gasteiger partial charge in [0, 0.05) is 37.1 Å². The second-order valence-corrected chi connectivity index (χ2v) is 4.41. The summed E-state index contributed by atoms with van der Waals surface area (Å²) in [5, 5.41) is 3.07. The molecule has 0 aliphatic heterocycles. The first kappa shape index (κ1) is 18.1. The number of nitrogens with one attached hydrogen (secondary N) is 1. The Bertz CT molecular complexity index is 591. The predicted octanol–water partition coefficient (Wildman–Crippen LogP) is 1.75. The van der Waals surface area contributed by atoms with Gasteiger partial charge in [-0.3, -0.25) is 4.98 Å². The molecule has 0 saturated heterocycles. The van der Waals surface area contributed by atoms with Crippen molar-refractivity contribution in [1.29, 1.82) is 0 Å². The smallest absolute Gasteiger partial charge is 0.213 e. The number of halogens is 1. The third-order valence-corrected chi connectivity index (χ3v) is 2.85. The largest absolute Gasteiger partial charge is 0.481 e. The van der Waals surface area contributed by atoms with Crippen LogP contribution in [0, 0.1) is 0 Å². The van der Waals surface area contributed by atoms with Gasteiger partial charge in [-0.15, -0.1) is 24.0 Å². The number of hydrogen-bond acceptors (Lipinski definition) is 4. The Labute approximate surface area is 147 Å². The van der Waals surface area contributed by atoms with E-state index in [0.29, 0.717) is 24.9 Å². The van der Waals surface area contributed by atoms with E-state index in [1.54, 1.807) is 19.5 Å². The Morgan fingerprint density at radius 1 is 1.27 bits per heavy atom. The second-order valence-electron chi connectivity index (χ2n) is 4.41. The van der Waals surface area contributed by atoms with E-state index in [9.17, 15) is 0 Å². The van der Waals surface area contributed by atoms with Gasteiger partial charge in [-0.25, -0.2) is 9.98 Å². The number of nitrogens with two attached hydrogens (primary N) is 1. The van der Waals surface area contributed by atoms with Gasteiger partial charge in [0.15, 0.2) is 5.96 Å². The Balaban J connectivity index is 0.00000242. The lowest BCUT2D eigenvalue weighted by Gasteiger charge is -2.06. The molecule has 0 unspecified atom stereocenters. The molecule has 0 aliphatic carbocycles. The van der Waals surface area contributed by atoms with Crippen LogP contribution < -0.4 is 15.8 Å². The monoisotopic (exact) mass is 413 g/mol. The lowest BCUT2D eigenvalue weighted by Crippen LogP contribution is -2.33.